The molecule has 0 bridgehead atoms. The first-order valence-electron chi connectivity index (χ1n) is 3.42. The second-order valence-electron chi connectivity index (χ2n) is 2.54. The van der Waals surface area contributed by atoms with Gasteiger partial charge in [0.1, 0.15) is 5.00 Å². The van der Waals surface area contributed by atoms with Gasteiger partial charge in [-0.1, -0.05) is 29.8 Å². The topological polar surface area (TPSA) is 127 Å². The maximum Gasteiger partial charge on any atom is 0.394 e. The van der Waals surface area contributed by atoms with Crippen LogP contribution in [0.15, 0.2) is 24.3 Å². The number of halogens is 1. The highest BCUT2D eigenvalue weighted by molar-refractivity contribution is 7.79. The Morgan fingerprint density at radius 1 is 1.36 bits per heavy atom. The van der Waals surface area contributed by atoms with Gasteiger partial charge in [-0.05, 0) is 6.08 Å². The molecule has 82 valence electrons. The fourth-order valence-electron chi connectivity index (χ4n) is 0.645. The summed E-state index contributed by atoms with van der Waals surface area (Å²) in [5.74, 6) is 0. The summed E-state index contributed by atoms with van der Waals surface area (Å²) in [5, 5.41) is 0. The van der Waals surface area contributed by atoms with Crippen LogP contribution in [0.25, 0.3) is 0 Å². The first-order chi connectivity index (χ1) is 6.13. The Morgan fingerprint density at radius 2 is 1.79 bits per heavy atom. The smallest absolute Gasteiger partial charge is 0.322 e. The Hall–Kier alpha value is -0.440. The lowest BCUT2D eigenvalue weighted by Gasteiger charge is -2.24. The average Bonchev–Trinajstić information content (AvgIpc) is 1.92. The van der Waals surface area contributed by atoms with Gasteiger partial charge in [0.15, 0.2) is 0 Å². The van der Waals surface area contributed by atoms with Gasteiger partial charge in [0, 0.05) is 0 Å². The van der Waals surface area contributed by atoms with Crippen LogP contribution < -0.4 is 11.5 Å². The lowest BCUT2D eigenvalue weighted by Crippen LogP contribution is -2.48. The largest absolute Gasteiger partial charge is 0.394 e. The van der Waals surface area contributed by atoms with Crippen molar-refractivity contribution in [2.75, 3.05) is 0 Å². The third kappa shape index (κ3) is 7.01. The molecule has 0 spiro atoms. The summed E-state index contributed by atoms with van der Waals surface area (Å²) < 4.78 is 31.6. The second-order valence-corrected chi connectivity index (χ2v) is 4.10. The van der Waals surface area contributed by atoms with E-state index in [1.54, 1.807) is 18.2 Å². The fraction of sp³-hybridized carbons (Fsp3) is 0.333. The Bertz CT molecular complexity index is 328. The molecule has 8 heteroatoms. The summed E-state index contributed by atoms with van der Waals surface area (Å²) in [6.07, 6.45) is 7.07. The fourth-order valence-corrected chi connectivity index (χ4v) is 0.791. The summed E-state index contributed by atoms with van der Waals surface area (Å²) in [6.45, 7) is 0. The monoisotopic (exact) mass is 242 g/mol. The molecule has 0 aromatic heterocycles. The van der Waals surface area contributed by atoms with E-state index in [1.807, 2.05) is 6.08 Å². The number of hydrogen-bond acceptors (Lipinski definition) is 4. The van der Waals surface area contributed by atoms with Gasteiger partial charge < -0.3 is 11.5 Å². The normalized spacial score (nSPS) is 30.8. The van der Waals surface area contributed by atoms with Gasteiger partial charge in [-0.15, -0.1) is 0 Å². The minimum Gasteiger partial charge on any atom is -0.322 e. The van der Waals surface area contributed by atoms with Crippen LogP contribution in [-0.2, 0) is 10.4 Å². The van der Waals surface area contributed by atoms with Crippen molar-refractivity contribution in [3.8, 4) is 0 Å². The highest BCUT2D eigenvalue weighted by Crippen LogP contribution is 2.17. The Kier molecular flexibility index (Phi) is 4.72. The molecule has 0 aromatic rings. The van der Waals surface area contributed by atoms with E-state index in [4.69, 9.17) is 40.6 Å². The molecular formula is C6H11ClN2O4S. The van der Waals surface area contributed by atoms with Crippen LogP contribution in [0.2, 0.25) is 0 Å². The number of nitrogens with two attached hydrogens (primary N) is 2. The van der Waals surface area contributed by atoms with Crippen molar-refractivity contribution < 1.29 is 17.5 Å². The maximum absolute atomic E-state index is 8.74. The minimum atomic E-state index is -4.67. The van der Waals surface area contributed by atoms with E-state index in [2.05, 4.69) is 0 Å². The summed E-state index contributed by atoms with van der Waals surface area (Å²) >= 11 is 5.74. The summed E-state index contributed by atoms with van der Waals surface area (Å²) in [4.78, 5) is -0.880. The molecule has 6 N–H and O–H groups in total. The van der Waals surface area contributed by atoms with Crippen molar-refractivity contribution in [2.45, 2.75) is 11.0 Å². The van der Waals surface area contributed by atoms with Crippen LogP contribution in [0.1, 0.15) is 0 Å². The van der Waals surface area contributed by atoms with Gasteiger partial charge in [0.2, 0.25) is 0 Å². The molecule has 0 saturated carbocycles. The van der Waals surface area contributed by atoms with Gasteiger partial charge in [0.05, 0.1) is 6.04 Å². The molecule has 1 aliphatic carbocycles. The molecule has 1 aliphatic rings. The highest BCUT2D eigenvalue weighted by atomic mass is 35.5. The van der Waals surface area contributed by atoms with E-state index in [0.29, 0.717) is 0 Å². The van der Waals surface area contributed by atoms with Gasteiger partial charge in [0.25, 0.3) is 0 Å². The lowest BCUT2D eigenvalue weighted by molar-refractivity contribution is 0.381. The summed E-state index contributed by atoms with van der Waals surface area (Å²) in [7, 11) is -4.67. The molecule has 0 heterocycles. The number of alkyl halides is 1. The SMILES string of the molecule is NC1C=CC=CC1(N)Cl.O=S(=O)(O)O. The van der Waals surface area contributed by atoms with Gasteiger partial charge in [-0.3, -0.25) is 9.11 Å². The van der Waals surface area contributed by atoms with Gasteiger partial charge in [-0.25, -0.2) is 0 Å². The van der Waals surface area contributed by atoms with Crippen LogP contribution in [0.3, 0.4) is 0 Å². The van der Waals surface area contributed by atoms with E-state index in [9.17, 15) is 0 Å². The Morgan fingerprint density at radius 3 is 2.00 bits per heavy atom. The highest BCUT2D eigenvalue weighted by Gasteiger charge is 2.25. The van der Waals surface area contributed by atoms with Crippen LogP contribution in [0, 0.1) is 0 Å². The van der Waals surface area contributed by atoms with Crippen LogP contribution >= 0.6 is 11.6 Å². The molecule has 0 radical (unpaired) electrons. The zero-order chi connectivity index (χ0) is 11.4. The van der Waals surface area contributed by atoms with Crippen molar-refractivity contribution in [3.63, 3.8) is 0 Å². The van der Waals surface area contributed by atoms with Crippen molar-refractivity contribution in [1.29, 1.82) is 0 Å². The first kappa shape index (κ1) is 13.6. The van der Waals surface area contributed by atoms with Crippen LogP contribution in [0.4, 0.5) is 0 Å². The molecule has 2 atom stereocenters. The molecule has 14 heavy (non-hydrogen) atoms. The zero-order valence-electron chi connectivity index (χ0n) is 7.04. The van der Waals surface area contributed by atoms with Crippen molar-refractivity contribution >= 4 is 22.0 Å². The van der Waals surface area contributed by atoms with Gasteiger partial charge in [-0.2, -0.15) is 8.42 Å². The number of allylic oxidation sites excluding steroid dienone is 2. The van der Waals surface area contributed by atoms with E-state index in [0.717, 1.165) is 0 Å². The Balaban J connectivity index is 0.000000292. The lowest BCUT2D eigenvalue weighted by atomic mass is 10.0. The number of hydrogen-bond donors (Lipinski definition) is 4. The molecule has 0 aliphatic heterocycles. The average molecular weight is 243 g/mol. The second kappa shape index (κ2) is 4.87. The van der Waals surface area contributed by atoms with Crippen LogP contribution in [0.5, 0.6) is 0 Å². The molecule has 0 fully saturated rings. The van der Waals surface area contributed by atoms with E-state index >= 15 is 0 Å². The zero-order valence-corrected chi connectivity index (χ0v) is 8.61. The van der Waals surface area contributed by atoms with Gasteiger partial charge >= 0.3 is 10.4 Å². The first-order valence-corrected chi connectivity index (χ1v) is 5.20. The molecular weight excluding hydrogens is 232 g/mol. The predicted molar refractivity (Wildman–Crippen MR) is 53.2 cm³/mol. The molecule has 0 aromatic carbocycles. The summed E-state index contributed by atoms with van der Waals surface area (Å²) in [6, 6.07) is -0.274. The predicted octanol–water partition coefficient (Wildman–Crippen LogP) is -0.319. The van der Waals surface area contributed by atoms with Crippen molar-refractivity contribution in [2.24, 2.45) is 11.5 Å². The molecule has 6 nitrogen and oxygen atoms in total. The molecule has 1 rings (SSSR count). The Labute approximate surface area is 86.8 Å². The third-order valence-electron chi connectivity index (χ3n) is 1.29. The quantitative estimate of drug-likeness (QED) is 0.262. The summed E-state index contributed by atoms with van der Waals surface area (Å²) in [5.41, 5.74) is 11.0. The molecule has 0 amide bonds. The maximum atomic E-state index is 8.74. The molecule has 0 saturated heterocycles. The van der Waals surface area contributed by atoms with E-state index in [1.165, 1.54) is 0 Å². The number of rotatable bonds is 0. The van der Waals surface area contributed by atoms with E-state index in [-0.39, 0.29) is 6.04 Å². The minimum absolute atomic E-state index is 0.274. The van der Waals surface area contributed by atoms with Crippen molar-refractivity contribution in [1.82, 2.24) is 0 Å². The van der Waals surface area contributed by atoms with Crippen LogP contribution in [-0.4, -0.2) is 28.6 Å². The standard InChI is InChI=1S/C6H9ClN2.H2O4S/c7-6(9)4-2-1-3-5(6)8;1-5(2,3)4/h1-5H,8-9H2;(H2,1,2,3,4). The van der Waals surface area contributed by atoms with Crippen molar-refractivity contribution in [3.05, 3.63) is 24.3 Å². The molecule has 2 unspecified atom stereocenters. The third-order valence-corrected chi connectivity index (χ3v) is 1.67. The van der Waals surface area contributed by atoms with E-state index < -0.39 is 15.4 Å².